The minimum atomic E-state index is -0.147. The lowest BCUT2D eigenvalue weighted by Gasteiger charge is -2.20. The summed E-state index contributed by atoms with van der Waals surface area (Å²) in [5, 5.41) is 17.2. The van der Waals surface area contributed by atoms with Crippen molar-refractivity contribution in [2.24, 2.45) is 0 Å². The summed E-state index contributed by atoms with van der Waals surface area (Å²) in [7, 11) is 0. The largest absolute Gasteiger partial charge is 0.337 e. The molecule has 0 aliphatic heterocycles. The molecule has 0 spiro atoms. The maximum absolute atomic E-state index is 12.3. The van der Waals surface area contributed by atoms with Crippen LogP contribution in [0.25, 0.3) is 0 Å². The Labute approximate surface area is 121 Å². The van der Waals surface area contributed by atoms with E-state index in [9.17, 15) is 4.79 Å². The van der Waals surface area contributed by atoms with Gasteiger partial charge in [-0.2, -0.15) is 10.5 Å². The molecule has 0 atom stereocenters. The van der Waals surface area contributed by atoms with Crippen molar-refractivity contribution in [3.8, 4) is 12.1 Å². The number of rotatable bonds is 5. The predicted octanol–water partition coefficient (Wildman–Crippen LogP) is 3.03. The molecule has 4 nitrogen and oxygen atoms in total. The Bertz CT molecular complexity index is 525. The Morgan fingerprint density at radius 1 is 1.26 bits per heavy atom. The highest BCUT2D eigenvalue weighted by Crippen LogP contribution is 2.18. The van der Waals surface area contributed by atoms with Crippen LogP contribution in [-0.2, 0) is 0 Å². The first-order chi connectivity index (χ1) is 9.10. The molecule has 1 amide bonds. The zero-order valence-electron chi connectivity index (χ0n) is 10.7. The number of aryl methyl sites for hydroxylation is 1. The molecule has 0 fully saturated rings. The lowest BCUT2D eigenvalue weighted by atomic mass is 10.1. The van der Waals surface area contributed by atoms with Crippen LogP contribution in [0.2, 0.25) is 0 Å². The minimum absolute atomic E-state index is 0.147. The fraction of sp³-hybridized carbons (Fsp3) is 0.357. The number of halogens is 1. The van der Waals surface area contributed by atoms with Crippen LogP contribution in [0.15, 0.2) is 22.7 Å². The van der Waals surface area contributed by atoms with Crippen LogP contribution >= 0.6 is 15.9 Å². The van der Waals surface area contributed by atoms with Crippen LogP contribution in [0.5, 0.6) is 0 Å². The topological polar surface area (TPSA) is 67.9 Å². The van der Waals surface area contributed by atoms with Crippen LogP contribution < -0.4 is 0 Å². The van der Waals surface area contributed by atoms with Gasteiger partial charge in [0.05, 0.1) is 25.0 Å². The quantitative estimate of drug-likeness (QED) is 0.837. The van der Waals surface area contributed by atoms with Gasteiger partial charge < -0.3 is 4.90 Å². The summed E-state index contributed by atoms with van der Waals surface area (Å²) in [6.45, 7) is 2.65. The number of benzene rings is 1. The van der Waals surface area contributed by atoms with Gasteiger partial charge in [-0.3, -0.25) is 4.79 Å². The van der Waals surface area contributed by atoms with E-state index in [1.54, 1.807) is 17.0 Å². The molecule has 0 N–H and O–H groups in total. The first-order valence-corrected chi connectivity index (χ1v) is 6.68. The molecule has 0 saturated carbocycles. The number of amides is 1. The Kier molecular flexibility index (Phi) is 6.05. The van der Waals surface area contributed by atoms with Gasteiger partial charge in [-0.1, -0.05) is 22.0 Å². The standard InChI is InChI=1S/C14H14BrN3O/c1-11-4-5-12(10-13(11)15)14(19)18(8-2-6-16)9-3-7-17/h4-5,10H,2-3,8-9H2,1H3. The number of hydrogen-bond donors (Lipinski definition) is 0. The lowest BCUT2D eigenvalue weighted by Crippen LogP contribution is -2.32. The molecule has 19 heavy (non-hydrogen) atoms. The van der Waals surface area contributed by atoms with Gasteiger partial charge >= 0.3 is 0 Å². The minimum Gasteiger partial charge on any atom is -0.337 e. The zero-order chi connectivity index (χ0) is 14.3. The molecular formula is C14H14BrN3O. The molecule has 0 unspecified atom stereocenters. The summed E-state index contributed by atoms with van der Waals surface area (Å²) in [5.41, 5.74) is 1.62. The summed E-state index contributed by atoms with van der Waals surface area (Å²) in [6, 6.07) is 9.42. The van der Waals surface area contributed by atoms with Crippen LogP contribution in [-0.4, -0.2) is 23.9 Å². The molecule has 0 aliphatic rings. The Morgan fingerprint density at radius 3 is 2.32 bits per heavy atom. The zero-order valence-corrected chi connectivity index (χ0v) is 12.3. The monoisotopic (exact) mass is 319 g/mol. The Morgan fingerprint density at radius 2 is 1.84 bits per heavy atom. The molecule has 5 heteroatoms. The predicted molar refractivity (Wildman–Crippen MR) is 75.2 cm³/mol. The molecule has 1 rings (SSSR count). The number of nitrogens with zero attached hydrogens (tertiary/aromatic N) is 3. The van der Waals surface area contributed by atoms with Gasteiger partial charge in [0.25, 0.3) is 5.91 Å². The van der Waals surface area contributed by atoms with Gasteiger partial charge in [0.2, 0.25) is 0 Å². The van der Waals surface area contributed by atoms with Crippen molar-refractivity contribution in [1.29, 1.82) is 10.5 Å². The molecule has 0 radical (unpaired) electrons. The van der Waals surface area contributed by atoms with Gasteiger partial charge in [-0.15, -0.1) is 0 Å². The highest BCUT2D eigenvalue weighted by atomic mass is 79.9. The summed E-state index contributed by atoms with van der Waals surface area (Å²) in [6.07, 6.45) is 0.536. The number of nitriles is 2. The van der Waals surface area contributed by atoms with E-state index < -0.39 is 0 Å². The third-order valence-electron chi connectivity index (χ3n) is 2.69. The molecule has 0 heterocycles. The fourth-order valence-corrected chi connectivity index (χ4v) is 1.97. The van der Waals surface area contributed by atoms with E-state index in [1.807, 2.05) is 25.1 Å². The van der Waals surface area contributed by atoms with Crippen LogP contribution in [0.4, 0.5) is 0 Å². The first-order valence-electron chi connectivity index (χ1n) is 5.89. The van der Waals surface area contributed by atoms with Gasteiger partial charge in [0.15, 0.2) is 0 Å². The molecule has 0 saturated heterocycles. The summed E-state index contributed by atoms with van der Waals surface area (Å²) in [5.74, 6) is -0.147. The van der Waals surface area contributed by atoms with E-state index in [4.69, 9.17) is 10.5 Å². The highest BCUT2D eigenvalue weighted by molar-refractivity contribution is 9.10. The van der Waals surface area contributed by atoms with Gasteiger partial charge in [-0.25, -0.2) is 0 Å². The molecule has 0 bridgehead atoms. The SMILES string of the molecule is Cc1ccc(C(=O)N(CCC#N)CCC#N)cc1Br. The average molecular weight is 320 g/mol. The van der Waals surface area contributed by atoms with E-state index in [-0.39, 0.29) is 18.7 Å². The second kappa shape index (κ2) is 7.56. The normalized spacial score (nSPS) is 9.47. The first kappa shape index (κ1) is 15.2. The summed E-state index contributed by atoms with van der Waals surface area (Å²) < 4.78 is 0.874. The molecule has 98 valence electrons. The van der Waals surface area contributed by atoms with Crippen molar-refractivity contribution in [1.82, 2.24) is 4.90 Å². The van der Waals surface area contributed by atoms with E-state index in [1.165, 1.54) is 0 Å². The third-order valence-corrected chi connectivity index (χ3v) is 3.55. The molecule has 1 aromatic rings. The summed E-state index contributed by atoms with van der Waals surface area (Å²) >= 11 is 3.39. The molecule has 0 aliphatic carbocycles. The molecular weight excluding hydrogens is 306 g/mol. The average Bonchev–Trinajstić information content (AvgIpc) is 2.41. The van der Waals surface area contributed by atoms with Crippen molar-refractivity contribution in [3.05, 3.63) is 33.8 Å². The fourth-order valence-electron chi connectivity index (χ4n) is 1.59. The second-order valence-corrected chi connectivity index (χ2v) is 4.93. The lowest BCUT2D eigenvalue weighted by molar-refractivity contribution is 0.0762. The van der Waals surface area contributed by atoms with E-state index >= 15 is 0 Å². The smallest absolute Gasteiger partial charge is 0.253 e. The van der Waals surface area contributed by atoms with Crippen LogP contribution in [0.3, 0.4) is 0 Å². The number of hydrogen-bond acceptors (Lipinski definition) is 3. The number of carbonyl (C=O) groups excluding carboxylic acids is 1. The van der Waals surface area contributed by atoms with Gasteiger partial charge in [0, 0.05) is 23.1 Å². The molecule has 1 aromatic carbocycles. The van der Waals surface area contributed by atoms with Crippen molar-refractivity contribution < 1.29 is 4.79 Å². The summed E-state index contributed by atoms with van der Waals surface area (Å²) in [4.78, 5) is 13.9. The van der Waals surface area contributed by atoms with Gasteiger partial charge in [0.1, 0.15) is 0 Å². The van der Waals surface area contributed by atoms with Crippen molar-refractivity contribution >= 4 is 21.8 Å². The van der Waals surface area contributed by atoms with Crippen molar-refractivity contribution in [2.75, 3.05) is 13.1 Å². The Hall–Kier alpha value is -1.85. The van der Waals surface area contributed by atoms with Crippen molar-refractivity contribution in [3.63, 3.8) is 0 Å². The van der Waals surface area contributed by atoms with E-state index in [2.05, 4.69) is 15.9 Å². The number of carbonyl (C=O) groups is 1. The highest BCUT2D eigenvalue weighted by Gasteiger charge is 2.15. The van der Waals surface area contributed by atoms with E-state index in [0.29, 0.717) is 18.7 Å². The Balaban J connectivity index is 2.88. The third kappa shape index (κ3) is 4.39. The second-order valence-electron chi connectivity index (χ2n) is 4.07. The van der Waals surface area contributed by atoms with E-state index in [0.717, 1.165) is 10.0 Å². The molecule has 0 aromatic heterocycles. The van der Waals surface area contributed by atoms with Gasteiger partial charge in [-0.05, 0) is 24.6 Å². The maximum atomic E-state index is 12.3. The maximum Gasteiger partial charge on any atom is 0.253 e. The van der Waals surface area contributed by atoms with Crippen LogP contribution in [0, 0.1) is 29.6 Å². The van der Waals surface area contributed by atoms with Crippen molar-refractivity contribution in [2.45, 2.75) is 19.8 Å². The van der Waals surface area contributed by atoms with Crippen LogP contribution in [0.1, 0.15) is 28.8 Å².